The van der Waals surface area contributed by atoms with Gasteiger partial charge in [0.25, 0.3) is 5.91 Å². The summed E-state index contributed by atoms with van der Waals surface area (Å²) in [5, 5.41) is 0. The van der Waals surface area contributed by atoms with Crippen LogP contribution < -0.4 is 20.5 Å². The number of ether oxygens (including phenoxy) is 1. The van der Waals surface area contributed by atoms with Crippen LogP contribution in [0, 0.1) is 0 Å². The van der Waals surface area contributed by atoms with E-state index >= 15 is 0 Å². The smallest absolute Gasteiger partial charge is 0.345 e. The van der Waals surface area contributed by atoms with Crippen molar-refractivity contribution in [3.8, 4) is 16.9 Å². The van der Waals surface area contributed by atoms with Crippen molar-refractivity contribution in [3.63, 3.8) is 0 Å². The molecule has 4 aromatic rings. The number of amides is 3. The normalized spacial score (nSPS) is 11.7. The number of anilines is 2. The summed E-state index contributed by atoms with van der Waals surface area (Å²) >= 11 is 1.60. The topological polar surface area (TPSA) is 70.7 Å². The monoisotopic (exact) mass is 467 g/mol. The Hall–Kier alpha value is -4.23. The molecule has 0 saturated carbocycles. The van der Waals surface area contributed by atoms with Gasteiger partial charge in [0.2, 0.25) is 0 Å². The molecule has 7 heteroatoms. The molecule has 0 fully saturated rings. The Morgan fingerprint density at radius 2 is 1.24 bits per heavy atom. The van der Waals surface area contributed by atoms with Crippen molar-refractivity contribution in [1.82, 2.24) is 10.9 Å². The Balaban J connectivity index is 1.19. The van der Waals surface area contributed by atoms with Gasteiger partial charge >= 0.3 is 6.03 Å². The zero-order chi connectivity index (χ0) is 23.3. The largest absolute Gasteiger partial charge is 0.484 e. The second-order valence-corrected chi connectivity index (χ2v) is 8.61. The molecule has 0 bridgehead atoms. The summed E-state index contributed by atoms with van der Waals surface area (Å²) in [6.07, 6.45) is 0. The molecule has 4 aromatic carbocycles. The number of carbonyl (C=O) groups is 2. The molecule has 0 spiro atoms. The fourth-order valence-corrected chi connectivity index (χ4v) is 4.72. The van der Waals surface area contributed by atoms with Gasteiger partial charge in [-0.3, -0.25) is 15.1 Å². The molecule has 0 unspecified atom stereocenters. The van der Waals surface area contributed by atoms with Gasteiger partial charge in [0.15, 0.2) is 6.61 Å². The highest BCUT2D eigenvalue weighted by molar-refractivity contribution is 7.99. The molecule has 1 aliphatic heterocycles. The Morgan fingerprint density at radius 1 is 0.676 bits per heavy atom. The Bertz CT molecular complexity index is 1280. The van der Waals surface area contributed by atoms with Gasteiger partial charge in [-0.1, -0.05) is 78.5 Å². The lowest BCUT2D eigenvalue weighted by molar-refractivity contribution is -0.123. The number of fused-ring (bicyclic) bond motifs is 2. The van der Waals surface area contributed by atoms with Gasteiger partial charge in [0.1, 0.15) is 5.75 Å². The number of nitrogens with zero attached hydrogens (tertiary/aromatic N) is 1. The molecule has 168 valence electrons. The van der Waals surface area contributed by atoms with E-state index in [4.69, 9.17) is 4.74 Å². The van der Waals surface area contributed by atoms with Crippen LogP contribution in [0.3, 0.4) is 0 Å². The van der Waals surface area contributed by atoms with Crippen LogP contribution in [-0.2, 0) is 4.79 Å². The number of urea groups is 1. The van der Waals surface area contributed by atoms with Crippen molar-refractivity contribution >= 4 is 35.1 Å². The van der Waals surface area contributed by atoms with Crippen LogP contribution in [0.1, 0.15) is 0 Å². The van der Waals surface area contributed by atoms with Crippen molar-refractivity contribution in [2.75, 3.05) is 11.5 Å². The highest BCUT2D eigenvalue weighted by atomic mass is 32.2. The molecule has 6 nitrogen and oxygen atoms in total. The third-order valence-corrected chi connectivity index (χ3v) is 6.41. The first kappa shape index (κ1) is 21.6. The first-order valence-electron chi connectivity index (χ1n) is 10.7. The molecule has 5 rings (SSSR count). The number of carbonyl (C=O) groups excluding carboxylic acids is 2. The molecule has 34 heavy (non-hydrogen) atoms. The SMILES string of the molecule is O=C(COc1ccc(-c2ccccc2)cc1)NNC(=O)N1c2ccccc2Sc2ccccc21. The summed E-state index contributed by atoms with van der Waals surface area (Å²) in [4.78, 5) is 28.8. The maximum atomic E-state index is 13.0. The fourth-order valence-electron chi connectivity index (χ4n) is 3.66. The van der Waals surface area contributed by atoms with E-state index in [-0.39, 0.29) is 6.61 Å². The Kier molecular flexibility index (Phi) is 6.18. The molecule has 1 heterocycles. The van der Waals surface area contributed by atoms with Crippen molar-refractivity contribution in [2.24, 2.45) is 0 Å². The number of nitrogens with one attached hydrogen (secondary N) is 2. The highest BCUT2D eigenvalue weighted by Crippen LogP contribution is 2.47. The van der Waals surface area contributed by atoms with Crippen LogP contribution >= 0.6 is 11.8 Å². The van der Waals surface area contributed by atoms with Crippen molar-refractivity contribution in [1.29, 1.82) is 0 Å². The van der Waals surface area contributed by atoms with Gasteiger partial charge in [-0.15, -0.1) is 0 Å². The zero-order valence-electron chi connectivity index (χ0n) is 18.1. The summed E-state index contributed by atoms with van der Waals surface area (Å²) in [5.74, 6) is 0.102. The lowest BCUT2D eigenvalue weighted by Gasteiger charge is -2.30. The average Bonchev–Trinajstić information content (AvgIpc) is 2.90. The van der Waals surface area contributed by atoms with E-state index in [0.717, 1.165) is 32.3 Å². The van der Waals surface area contributed by atoms with E-state index in [9.17, 15) is 9.59 Å². The number of para-hydroxylation sites is 2. The summed E-state index contributed by atoms with van der Waals surface area (Å²) in [6.45, 7) is -0.228. The number of benzene rings is 4. The van der Waals surface area contributed by atoms with Gasteiger partial charge in [0, 0.05) is 9.79 Å². The molecule has 0 atom stereocenters. The van der Waals surface area contributed by atoms with E-state index in [1.54, 1.807) is 16.7 Å². The molecule has 0 saturated heterocycles. The van der Waals surface area contributed by atoms with Gasteiger partial charge < -0.3 is 4.74 Å². The molecule has 0 radical (unpaired) electrons. The van der Waals surface area contributed by atoms with Gasteiger partial charge in [0.05, 0.1) is 11.4 Å². The molecular weight excluding hydrogens is 446 g/mol. The first-order chi connectivity index (χ1) is 16.7. The van der Waals surface area contributed by atoms with Crippen molar-refractivity contribution in [3.05, 3.63) is 103 Å². The van der Waals surface area contributed by atoms with E-state index in [2.05, 4.69) is 10.9 Å². The first-order valence-corrected chi connectivity index (χ1v) is 11.5. The number of hydrogen-bond donors (Lipinski definition) is 2. The second kappa shape index (κ2) is 9.72. The summed E-state index contributed by atoms with van der Waals surface area (Å²) < 4.78 is 5.57. The van der Waals surface area contributed by atoms with Crippen molar-refractivity contribution in [2.45, 2.75) is 9.79 Å². The number of hydrogen-bond acceptors (Lipinski definition) is 4. The van der Waals surface area contributed by atoms with Crippen LogP contribution in [0.5, 0.6) is 5.75 Å². The molecule has 1 aliphatic rings. The van der Waals surface area contributed by atoms with Crippen LogP contribution in [0.4, 0.5) is 16.2 Å². The van der Waals surface area contributed by atoms with E-state index in [1.807, 2.05) is 103 Å². The lowest BCUT2D eigenvalue weighted by Crippen LogP contribution is -2.49. The predicted octanol–water partition coefficient (Wildman–Crippen LogP) is 5.78. The van der Waals surface area contributed by atoms with E-state index in [0.29, 0.717) is 5.75 Å². The zero-order valence-corrected chi connectivity index (χ0v) is 18.9. The van der Waals surface area contributed by atoms with Crippen LogP contribution in [0.25, 0.3) is 11.1 Å². The summed E-state index contributed by atoms with van der Waals surface area (Å²) in [7, 11) is 0. The maximum absolute atomic E-state index is 13.0. The average molecular weight is 468 g/mol. The standard InChI is InChI=1S/C27H21N3O3S/c31-26(18-33-21-16-14-20(15-17-21)19-8-2-1-3-9-19)28-29-27(32)30-22-10-4-6-12-24(22)34-25-13-7-5-11-23(25)30/h1-17H,18H2,(H,28,31)(H,29,32). The quantitative estimate of drug-likeness (QED) is 0.374. The van der Waals surface area contributed by atoms with Gasteiger partial charge in [-0.25, -0.2) is 10.2 Å². The van der Waals surface area contributed by atoms with E-state index in [1.165, 1.54) is 0 Å². The number of rotatable bonds is 4. The van der Waals surface area contributed by atoms with Crippen LogP contribution in [-0.4, -0.2) is 18.5 Å². The molecule has 0 aliphatic carbocycles. The van der Waals surface area contributed by atoms with Gasteiger partial charge in [-0.05, 0) is 47.5 Å². The molecular formula is C27H21N3O3S. The molecule has 0 aromatic heterocycles. The number of hydrazine groups is 1. The van der Waals surface area contributed by atoms with Crippen LogP contribution in [0.2, 0.25) is 0 Å². The minimum atomic E-state index is -0.464. The molecule has 2 N–H and O–H groups in total. The third-order valence-electron chi connectivity index (χ3n) is 5.28. The Labute approximate surface area is 201 Å². The fraction of sp³-hybridized carbons (Fsp3) is 0.0370. The maximum Gasteiger partial charge on any atom is 0.345 e. The summed E-state index contributed by atoms with van der Waals surface area (Å²) in [5.41, 5.74) is 8.62. The minimum Gasteiger partial charge on any atom is -0.484 e. The Morgan fingerprint density at radius 3 is 1.88 bits per heavy atom. The third kappa shape index (κ3) is 4.60. The minimum absolute atomic E-state index is 0.228. The predicted molar refractivity (Wildman–Crippen MR) is 133 cm³/mol. The van der Waals surface area contributed by atoms with Crippen molar-refractivity contribution < 1.29 is 14.3 Å². The second-order valence-electron chi connectivity index (χ2n) is 7.53. The summed E-state index contributed by atoms with van der Waals surface area (Å²) in [6, 6.07) is 32.4. The molecule has 3 amide bonds. The van der Waals surface area contributed by atoms with E-state index < -0.39 is 11.9 Å². The van der Waals surface area contributed by atoms with Crippen LogP contribution in [0.15, 0.2) is 113 Å². The lowest BCUT2D eigenvalue weighted by atomic mass is 10.1. The highest BCUT2D eigenvalue weighted by Gasteiger charge is 2.28. The van der Waals surface area contributed by atoms with Gasteiger partial charge in [-0.2, -0.15) is 0 Å².